The fraction of sp³-hybridized carbons (Fsp3) is 0.619. The molecular weight excluding hydrogens is 383 g/mol. The first-order valence-corrected chi connectivity index (χ1v) is 9.94. The second-order valence-corrected chi connectivity index (χ2v) is 8.69. The lowest BCUT2D eigenvalue weighted by Gasteiger charge is -2.29. The Morgan fingerprint density at radius 2 is 1.72 bits per heavy atom. The Balaban J connectivity index is 1.72. The molecule has 8 heteroatoms. The first kappa shape index (κ1) is 23.2. The van der Waals surface area contributed by atoms with Crippen LogP contribution in [0.1, 0.15) is 62.4 Å². The van der Waals surface area contributed by atoms with Gasteiger partial charge in [-0.05, 0) is 70.6 Å². The van der Waals surface area contributed by atoms with Gasteiger partial charge in [-0.2, -0.15) is 13.2 Å². The van der Waals surface area contributed by atoms with Gasteiger partial charge in [0.1, 0.15) is 0 Å². The molecular formula is C21H30F3N3O2. The van der Waals surface area contributed by atoms with Crippen molar-refractivity contribution in [3.8, 4) is 0 Å². The van der Waals surface area contributed by atoms with Gasteiger partial charge in [0.25, 0.3) is 5.91 Å². The zero-order valence-corrected chi connectivity index (χ0v) is 17.2. The highest BCUT2D eigenvalue weighted by atomic mass is 19.4. The van der Waals surface area contributed by atoms with Crippen LogP contribution in [0.3, 0.4) is 0 Å². The van der Waals surface area contributed by atoms with Crippen molar-refractivity contribution >= 4 is 11.8 Å². The van der Waals surface area contributed by atoms with E-state index in [1.54, 1.807) is 0 Å². The first-order chi connectivity index (χ1) is 13.4. The Bertz CT molecular complexity index is 706. The van der Waals surface area contributed by atoms with Crippen molar-refractivity contribution in [2.45, 2.75) is 64.2 Å². The normalized spacial score (nSPS) is 20.2. The van der Waals surface area contributed by atoms with E-state index in [0.717, 1.165) is 37.8 Å². The number of carbonyl (C=O) groups is 2. The van der Waals surface area contributed by atoms with Crippen LogP contribution in [-0.2, 0) is 11.0 Å². The average Bonchev–Trinajstić information content (AvgIpc) is 2.63. The third-order valence-electron chi connectivity index (χ3n) is 4.92. The highest BCUT2D eigenvalue weighted by Crippen LogP contribution is 2.29. The van der Waals surface area contributed by atoms with Crippen LogP contribution >= 0.6 is 0 Å². The Labute approximate surface area is 169 Å². The van der Waals surface area contributed by atoms with E-state index >= 15 is 0 Å². The van der Waals surface area contributed by atoms with E-state index in [-0.39, 0.29) is 35.5 Å². The summed E-state index contributed by atoms with van der Waals surface area (Å²) in [6.07, 6.45) is -0.895. The topological polar surface area (TPSA) is 70.2 Å². The molecule has 1 aromatic rings. The maximum atomic E-state index is 12.8. The summed E-state index contributed by atoms with van der Waals surface area (Å²) in [6, 6.07) is 4.71. The number of alkyl halides is 3. The van der Waals surface area contributed by atoms with Crippen molar-refractivity contribution in [2.24, 2.45) is 5.92 Å². The monoisotopic (exact) mass is 413 g/mol. The molecule has 1 saturated carbocycles. The van der Waals surface area contributed by atoms with E-state index in [2.05, 4.69) is 16.0 Å². The summed E-state index contributed by atoms with van der Waals surface area (Å²) in [5.41, 5.74) is -1.07. The van der Waals surface area contributed by atoms with Gasteiger partial charge in [-0.15, -0.1) is 0 Å². The third kappa shape index (κ3) is 8.04. The lowest BCUT2D eigenvalue weighted by Crippen LogP contribution is -2.47. The van der Waals surface area contributed by atoms with Crippen molar-refractivity contribution < 1.29 is 22.8 Å². The molecule has 1 aliphatic carbocycles. The summed E-state index contributed by atoms with van der Waals surface area (Å²) in [7, 11) is 0. The van der Waals surface area contributed by atoms with Crippen LogP contribution in [0.15, 0.2) is 24.3 Å². The van der Waals surface area contributed by atoms with Gasteiger partial charge in [-0.25, -0.2) is 0 Å². The predicted octanol–water partition coefficient (Wildman–Crippen LogP) is 3.50. The molecule has 0 aliphatic heterocycles. The van der Waals surface area contributed by atoms with Crippen LogP contribution < -0.4 is 16.0 Å². The molecule has 5 nitrogen and oxygen atoms in total. The molecule has 1 fully saturated rings. The van der Waals surface area contributed by atoms with Crippen LogP contribution in [0.2, 0.25) is 0 Å². The molecule has 0 radical (unpaired) electrons. The molecule has 3 N–H and O–H groups in total. The Kier molecular flexibility index (Phi) is 7.68. The van der Waals surface area contributed by atoms with Crippen LogP contribution in [0.25, 0.3) is 0 Å². The van der Waals surface area contributed by atoms with Crippen molar-refractivity contribution in [2.75, 3.05) is 13.1 Å². The van der Waals surface area contributed by atoms with E-state index in [1.807, 2.05) is 20.8 Å². The van der Waals surface area contributed by atoms with Gasteiger partial charge < -0.3 is 16.0 Å². The second kappa shape index (κ2) is 9.61. The maximum Gasteiger partial charge on any atom is 0.416 e. The van der Waals surface area contributed by atoms with Crippen molar-refractivity contribution in [3.63, 3.8) is 0 Å². The summed E-state index contributed by atoms with van der Waals surface area (Å²) < 4.78 is 38.3. The standard InChI is InChI=1S/C21H30F3N3O2/c1-20(2,3)27-18(28)13-25-17-9-7-14(8-10-17)12-26-19(29)15-5-4-6-16(11-15)21(22,23)24/h4-6,11,14,17,25H,7-10,12-13H2,1-3H3,(H,26,29)(H,27,28). The highest BCUT2D eigenvalue weighted by molar-refractivity contribution is 5.94. The number of nitrogens with one attached hydrogen (secondary N) is 3. The average molecular weight is 413 g/mol. The third-order valence-corrected chi connectivity index (χ3v) is 4.92. The second-order valence-electron chi connectivity index (χ2n) is 8.69. The molecule has 0 spiro atoms. The van der Waals surface area contributed by atoms with Crippen LogP contribution in [0.5, 0.6) is 0 Å². The summed E-state index contributed by atoms with van der Waals surface area (Å²) in [6.45, 7) is 6.52. The predicted molar refractivity (Wildman–Crippen MR) is 105 cm³/mol. The molecule has 0 saturated heterocycles. The maximum absolute atomic E-state index is 12.8. The SMILES string of the molecule is CC(C)(C)NC(=O)CNC1CCC(CNC(=O)c2cccc(C(F)(F)F)c2)CC1. The molecule has 0 atom stereocenters. The van der Waals surface area contributed by atoms with Gasteiger partial charge in [0.15, 0.2) is 0 Å². The fourth-order valence-corrected chi connectivity index (χ4v) is 3.45. The van der Waals surface area contributed by atoms with E-state index in [9.17, 15) is 22.8 Å². The van der Waals surface area contributed by atoms with Gasteiger partial charge in [0.2, 0.25) is 5.91 Å². The molecule has 0 aromatic heterocycles. The number of amides is 2. The molecule has 1 aromatic carbocycles. The van der Waals surface area contributed by atoms with E-state index in [0.29, 0.717) is 6.54 Å². The van der Waals surface area contributed by atoms with Crippen molar-refractivity contribution in [1.82, 2.24) is 16.0 Å². The van der Waals surface area contributed by atoms with Gasteiger partial charge in [0.05, 0.1) is 12.1 Å². The number of hydrogen-bond acceptors (Lipinski definition) is 3. The zero-order valence-electron chi connectivity index (χ0n) is 17.2. The van der Waals surface area contributed by atoms with E-state index < -0.39 is 17.6 Å². The minimum atomic E-state index is -4.47. The van der Waals surface area contributed by atoms with E-state index in [1.165, 1.54) is 12.1 Å². The van der Waals surface area contributed by atoms with Gasteiger partial charge in [-0.3, -0.25) is 9.59 Å². The zero-order chi connectivity index (χ0) is 21.7. The number of hydrogen-bond donors (Lipinski definition) is 3. The lowest BCUT2D eigenvalue weighted by molar-refractivity contribution is -0.137. The summed E-state index contributed by atoms with van der Waals surface area (Å²) in [5.74, 6) is -0.241. The molecule has 1 aliphatic rings. The largest absolute Gasteiger partial charge is 0.416 e. The molecule has 162 valence electrons. The van der Waals surface area contributed by atoms with Gasteiger partial charge >= 0.3 is 6.18 Å². The molecule has 2 amide bonds. The summed E-state index contributed by atoms with van der Waals surface area (Å²) in [5, 5.41) is 8.93. The summed E-state index contributed by atoms with van der Waals surface area (Å²) in [4.78, 5) is 24.1. The van der Waals surface area contributed by atoms with Crippen LogP contribution in [-0.4, -0.2) is 36.5 Å². The quantitative estimate of drug-likeness (QED) is 0.669. The van der Waals surface area contributed by atoms with Crippen molar-refractivity contribution in [1.29, 1.82) is 0 Å². The smallest absolute Gasteiger partial charge is 0.352 e. The lowest BCUT2D eigenvalue weighted by atomic mass is 9.86. The van der Waals surface area contributed by atoms with E-state index in [4.69, 9.17) is 0 Å². The van der Waals surface area contributed by atoms with Crippen molar-refractivity contribution in [3.05, 3.63) is 35.4 Å². The number of benzene rings is 1. The Morgan fingerprint density at radius 1 is 1.07 bits per heavy atom. The Hall–Kier alpha value is -2.09. The van der Waals surface area contributed by atoms with Crippen LogP contribution in [0, 0.1) is 5.92 Å². The molecule has 29 heavy (non-hydrogen) atoms. The minimum Gasteiger partial charge on any atom is -0.352 e. The molecule has 0 heterocycles. The molecule has 0 unspecified atom stereocenters. The van der Waals surface area contributed by atoms with Gasteiger partial charge in [0, 0.05) is 23.7 Å². The first-order valence-electron chi connectivity index (χ1n) is 9.94. The Morgan fingerprint density at radius 3 is 2.31 bits per heavy atom. The molecule has 0 bridgehead atoms. The fourth-order valence-electron chi connectivity index (χ4n) is 3.45. The van der Waals surface area contributed by atoms with Gasteiger partial charge in [-0.1, -0.05) is 6.07 Å². The molecule has 2 rings (SSSR count). The highest BCUT2D eigenvalue weighted by Gasteiger charge is 2.31. The minimum absolute atomic E-state index is 0.0139. The van der Waals surface area contributed by atoms with Crippen LogP contribution in [0.4, 0.5) is 13.2 Å². The number of carbonyl (C=O) groups excluding carboxylic acids is 2. The number of halogens is 3. The summed E-state index contributed by atoms with van der Waals surface area (Å²) >= 11 is 0. The number of rotatable bonds is 6.